The lowest BCUT2D eigenvalue weighted by atomic mass is 9.69. The summed E-state index contributed by atoms with van der Waals surface area (Å²) in [6.07, 6.45) is 7.93. The highest BCUT2D eigenvalue weighted by Gasteiger charge is 2.47. The topological polar surface area (TPSA) is 79.7 Å². The highest BCUT2D eigenvalue weighted by molar-refractivity contribution is 5.75. The molecular weight excluding hydrogens is 564 g/mol. The lowest BCUT2D eigenvalue weighted by molar-refractivity contribution is 0.0205. The minimum atomic E-state index is -0.626. The number of urea groups is 1. The predicted octanol–water partition coefficient (Wildman–Crippen LogP) is 5.62. The van der Waals surface area contributed by atoms with Crippen LogP contribution in [0.2, 0.25) is 0 Å². The van der Waals surface area contributed by atoms with E-state index < -0.39 is 17.7 Å². The smallest absolute Gasteiger partial charge is 0.320 e. The summed E-state index contributed by atoms with van der Waals surface area (Å²) in [7, 11) is 3.48. The largest absolute Gasteiger partial charge is 0.496 e. The number of halogens is 2. The summed E-state index contributed by atoms with van der Waals surface area (Å²) >= 11 is 0. The fraction of sp³-hybridized carbons (Fsp3) is 0.500. The number of benzene rings is 2. The monoisotopic (exact) mass is 605 g/mol. The van der Waals surface area contributed by atoms with Crippen molar-refractivity contribution in [3.63, 3.8) is 0 Å². The van der Waals surface area contributed by atoms with Crippen molar-refractivity contribution in [2.24, 2.45) is 11.3 Å². The molecular formula is C34H41F2N5O3. The van der Waals surface area contributed by atoms with Crippen molar-refractivity contribution in [2.45, 2.75) is 63.6 Å². The maximum atomic E-state index is 15.0. The van der Waals surface area contributed by atoms with Crippen LogP contribution in [0.5, 0.6) is 5.75 Å². The van der Waals surface area contributed by atoms with Crippen LogP contribution in [0.4, 0.5) is 13.6 Å². The predicted molar refractivity (Wildman–Crippen MR) is 164 cm³/mol. The van der Waals surface area contributed by atoms with Gasteiger partial charge in [-0.1, -0.05) is 31.0 Å². The average molecular weight is 606 g/mol. The molecule has 1 N–H and O–H groups in total. The molecule has 10 heteroatoms. The van der Waals surface area contributed by atoms with Gasteiger partial charge in [0.1, 0.15) is 17.4 Å². The van der Waals surface area contributed by atoms with Crippen LogP contribution in [0.3, 0.4) is 0 Å². The number of carbonyl (C=O) groups excluding carboxylic acids is 1. The van der Waals surface area contributed by atoms with Gasteiger partial charge in [0.2, 0.25) is 0 Å². The third-order valence-electron chi connectivity index (χ3n) is 10.2. The van der Waals surface area contributed by atoms with Crippen LogP contribution >= 0.6 is 0 Å². The van der Waals surface area contributed by atoms with E-state index in [-0.39, 0.29) is 29.0 Å². The molecule has 2 amide bonds. The first-order valence-electron chi connectivity index (χ1n) is 15.7. The van der Waals surface area contributed by atoms with Crippen LogP contribution in [-0.2, 0) is 6.54 Å². The van der Waals surface area contributed by atoms with Gasteiger partial charge in [0.15, 0.2) is 0 Å². The van der Waals surface area contributed by atoms with Gasteiger partial charge in [-0.05, 0) is 68.7 Å². The zero-order valence-corrected chi connectivity index (χ0v) is 25.5. The number of hydrogen-bond donors (Lipinski definition) is 1. The first-order chi connectivity index (χ1) is 21.3. The number of likely N-dealkylation sites (tertiary alicyclic amines) is 2. The summed E-state index contributed by atoms with van der Waals surface area (Å²) < 4.78 is 35.9. The zero-order chi connectivity index (χ0) is 30.8. The van der Waals surface area contributed by atoms with E-state index >= 15 is 0 Å². The standard InChI is InChI=1S/C34H41F2N5O3/c1-37-25-12-16-41(30(18-25)26-10-9-24(35)17-28(26)36)33(43)39-15-11-23(34(21-39)13-5-6-14-34)20-40-22-38-29(19-32(40)42)27-7-3-4-8-31(27)44-2/h3-4,7-10,17,19,22-23,25,30,37H,5-6,11-16,18,20-21H2,1-2H3/t23-,25+,30-/m0/s1. The van der Waals surface area contributed by atoms with E-state index in [0.29, 0.717) is 49.6 Å². The Balaban J connectivity index is 1.21. The molecule has 1 aromatic heterocycles. The molecule has 44 heavy (non-hydrogen) atoms. The fourth-order valence-electron chi connectivity index (χ4n) is 7.81. The van der Waals surface area contributed by atoms with Gasteiger partial charge in [-0.3, -0.25) is 9.36 Å². The van der Waals surface area contributed by atoms with Crippen LogP contribution in [0, 0.1) is 23.0 Å². The molecule has 2 saturated heterocycles. The number of nitrogens with zero attached hydrogens (tertiary/aromatic N) is 4. The molecule has 0 radical (unpaired) electrons. The SMILES string of the molecule is CN[C@@H]1CCN(C(=O)N2CC[C@@H](Cn3cnc(-c4ccccc4OC)cc3=O)C3(CCCC3)C2)[C@H](c2ccc(F)cc2F)C1. The summed E-state index contributed by atoms with van der Waals surface area (Å²) in [5, 5.41) is 3.28. The Labute approximate surface area is 257 Å². The van der Waals surface area contributed by atoms with Crippen LogP contribution in [0.1, 0.15) is 56.6 Å². The van der Waals surface area contributed by atoms with Gasteiger partial charge in [0.05, 0.1) is 25.2 Å². The number of carbonyl (C=O) groups is 1. The van der Waals surface area contributed by atoms with Gasteiger partial charge in [0, 0.05) is 55.5 Å². The van der Waals surface area contributed by atoms with Gasteiger partial charge >= 0.3 is 6.03 Å². The van der Waals surface area contributed by atoms with E-state index in [9.17, 15) is 18.4 Å². The third-order valence-corrected chi connectivity index (χ3v) is 10.2. The molecule has 0 bridgehead atoms. The second-order valence-corrected chi connectivity index (χ2v) is 12.6. The highest BCUT2D eigenvalue weighted by atomic mass is 19.1. The Bertz CT molecular complexity index is 1560. The lowest BCUT2D eigenvalue weighted by Crippen LogP contribution is -2.57. The number of para-hydroxylation sites is 1. The number of aromatic nitrogens is 2. The van der Waals surface area contributed by atoms with Crippen molar-refractivity contribution in [3.8, 4) is 17.0 Å². The van der Waals surface area contributed by atoms with Crippen LogP contribution in [0.15, 0.2) is 59.7 Å². The van der Waals surface area contributed by atoms with Crippen molar-refractivity contribution in [3.05, 3.63) is 82.4 Å². The Morgan fingerprint density at radius 3 is 2.61 bits per heavy atom. The molecule has 8 nitrogen and oxygen atoms in total. The summed E-state index contributed by atoms with van der Waals surface area (Å²) in [5.41, 5.74) is 1.51. The summed E-state index contributed by atoms with van der Waals surface area (Å²) in [6, 6.07) is 12.3. The highest BCUT2D eigenvalue weighted by Crippen LogP contribution is 2.49. The second-order valence-electron chi connectivity index (χ2n) is 12.6. The molecule has 2 aromatic carbocycles. The molecule has 2 aliphatic heterocycles. The molecule has 1 saturated carbocycles. The molecule has 1 aliphatic carbocycles. The van der Waals surface area contributed by atoms with Crippen molar-refractivity contribution < 1.29 is 18.3 Å². The van der Waals surface area contributed by atoms with Crippen LogP contribution in [0.25, 0.3) is 11.3 Å². The third kappa shape index (κ3) is 5.84. The molecule has 3 heterocycles. The fourth-order valence-corrected chi connectivity index (χ4v) is 7.81. The first-order valence-corrected chi connectivity index (χ1v) is 15.7. The van der Waals surface area contributed by atoms with Crippen molar-refractivity contribution >= 4 is 6.03 Å². The Kier molecular flexibility index (Phi) is 8.71. The molecule has 3 aromatic rings. The quantitative estimate of drug-likeness (QED) is 0.395. The number of hydrogen-bond acceptors (Lipinski definition) is 5. The second kappa shape index (κ2) is 12.7. The number of piperidine rings is 2. The molecule has 1 spiro atoms. The van der Waals surface area contributed by atoms with E-state index in [1.807, 2.05) is 36.2 Å². The Morgan fingerprint density at radius 1 is 1.09 bits per heavy atom. The number of nitrogens with one attached hydrogen (secondary N) is 1. The maximum Gasteiger partial charge on any atom is 0.320 e. The first kappa shape index (κ1) is 30.2. The minimum absolute atomic E-state index is 0.0852. The van der Waals surface area contributed by atoms with Gasteiger partial charge in [0.25, 0.3) is 5.56 Å². The molecule has 6 rings (SSSR count). The Morgan fingerprint density at radius 2 is 1.89 bits per heavy atom. The number of rotatable bonds is 6. The molecule has 3 atom stereocenters. The average Bonchev–Trinajstić information content (AvgIpc) is 3.50. The van der Waals surface area contributed by atoms with E-state index in [2.05, 4.69) is 10.3 Å². The van der Waals surface area contributed by atoms with E-state index in [1.165, 1.54) is 12.1 Å². The van der Waals surface area contributed by atoms with Crippen LogP contribution < -0.4 is 15.6 Å². The number of amides is 2. The van der Waals surface area contributed by atoms with Crippen molar-refractivity contribution in [1.29, 1.82) is 0 Å². The molecule has 0 unspecified atom stereocenters. The van der Waals surface area contributed by atoms with E-state index in [4.69, 9.17) is 4.74 Å². The van der Waals surface area contributed by atoms with Gasteiger partial charge in [-0.2, -0.15) is 0 Å². The van der Waals surface area contributed by atoms with Gasteiger partial charge < -0.3 is 19.9 Å². The van der Waals surface area contributed by atoms with Gasteiger partial charge in [-0.25, -0.2) is 18.6 Å². The van der Waals surface area contributed by atoms with Crippen molar-refractivity contribution in [2.75, 3.05) is 33.8 Å². The van der Waals surface area contributed by atoms with Crippen molar-refractivity contribution in [1.82, 2.24) is 24.7 Å². The van der Waals surface area contributed by atoms with Gasteiger partial charge in [-0.15, -0.1) is 0 Å². The summed E-state index contributed by atoms with van der Waals surface area (Å²) in [6.45, 7) is 2.23. The van der Waals surface area contributed by atoms with Crippen LogP contribution in [-0.4, -0.2) is 65.2 Å². The van der Waals surface area contributed by atoms with E-state index in [0.717, 1.165) is 50.2 Å². The normalized spacial score (nSPS) is 23.2. The molecule has 3 fully saturated rings. The number of ether oxygens (including phenoxy) is 1. The number of methoxy groups -OCH3 is 1. The Hall–Kier alpha value is -3.79. The van der Waals surface area contributed by atoms with E-state index in [1.54, 1.807) is 29.0 Å². The summed E-state index contributed by atoms with van der Waals surface area (Å²) in [5.74, 6) is -0.352. The molecule has 234 valence electrons. The summed E-state index contributed by atoms with van der Waals surface area (Å²) in [4.78, 5) is 35.8. The minimum Gasteiger partial charge on any atom is -0.496 e. The zero-order valence-electron chi connectivity index (χ0n) is 25.5. The maximum absolute atomic E-state index is 15.0. The molecule has 3 aliphatic rings. The lowest BCUT2D eigenvalue weighted by Gasteiger charge is -2.49.